The Morgan fingerprint density at radius 2 is 1.91 bits per heavy atom. The molecule has 2 rings (SSSR count). The fourth-order valence-corrected chi connectivity index (χ4v) is 2.88. The number of hydrogen-bond donors (Lipinski definition) is 0. The molecule has 1 atom stereocenters. The first-order valence-corrected chi connectivity index (χ1v) is 7.97. The number of halogens is 2. The molecule has 4 heteroatoms. The first-order valence-electron chi connectivity index (χ1n) is 7.22. The molecular weight excluding hydrogens is 392 g/mol. The fourth-order valence-electron chi connectivity index (χ4n) is 2.38. The topological polar surface area (TPSA) is 9.23 Å². The molecular formula is C18H19Cl2OY-. The Kier molecular flexibility index (Phi) is 9.77. The van der Waals surface area contributed by atoms with Crippen molar-refractivity contribution < 1.29 is 37.4 Å². The van der Waals surface area contributed by atoms with E-state index >= 15 is 0 Å². The molecule has 1 nitrogen and oxygen atoms in total. The van der Waals surface area contributed by atoms with Gasteiger partial charge in [0, 0.05) is 55.1 Å². The van der Waals surface area contributed by atoms with Gasteiger partial charge in [0.15, 0.2) is 0 Å². The van der Waals surface area contributed by atoms with Gasteiger partial charge in [-0.2, -0.15) is 6.42 Å². The van der Waals surface area contributed by atoms with E-state index in [-0.39, 0.29) is 32.7 Å². The van der Waals surface area contributed by atoms with E-state index in [4.69, 9.17) is 27.9 Å². The van der Waals surface area contributed by atoms with Crippen LogP contribution in [0.15, 0.2) is 29.8 Å². The van der Waals surface area contributed by atoms with E-state index in [9.17, 15) is 0 Å². The Morgan fingerprint density at radius 1 is 1.18 bits per heavy atom. The van der Waals surface area contributed by atoms with E-state index in [2.05, 4.69) is 24.8 Å². The third-order valence-electron chi connectivity index (χ3n) is 3.45. The molecule has 115 valence electrons. The van der Waals surface area contributed by atoms with Gasteiger partial charge in [0.1, 0.15) is 5.75 Å². The maximum absolute atomic E-state index is 5.97. The normalized spacial score (nSPS) is 16.3. The molecule has 0 unspecified atom stereocenters. The van der Waals surface area contributed by atoms with Gasteiger partial charge >= 0.3 is 0 Å². The van der Waals surface area contributed by atoms with E-state index in [1.54, 1.807) is 18.2 Å². The SMILES string of the molecule is [CH2-]CCC#CCC1=CCC[C@@H]1COc1cc(Cl)cc(Cl)c1.[Y]. The van der Waals surface area contributed by atoms with Crippen molar-refractivity contribution in [3.63, 3.8) is 0 Å². The van der Waals surface area contributed by atoms with Gasteiger partial charge in [-0.1, -0.05) is 40.8 Å². The van der Waals surface area contributed by atoms with Gasteiger partial charge in [-0.25, -0.2) is 0 Å². The van der Waals surface area contributed by atoms with Crippen LogP contribution in [0.4, 0.5) is 0 Å². The summed E-state index contributed by atoms with van der Waals surface area (Å²) >= 11 is 11.9. The molecule has 1 aliphatic carbocycles. The number of unbranched alkanes of at least 4 members (excludes halogenated alkanes) is 1. The van der Waals surface area contributed by atoms with Crippen molar-refractivity contribution in [1.82, 2.24) is 0 Å². The molecule has 0 saturated carbocycles. The summed E-state index contributed by atoms with van der Waals surface area (Å²) in [5.74, 6) is 7.53. The zero-order valence-electron chi connectivity index (χ0n) is 12.6. The summed E-state index contributed by atoms with van der Waals surface area (Å²) in [6, 6.07) is 5.29. The van der Waals surface area contributed by atoms with Crippen LogP contribution >= 0.6 is 23.2 Å². The Balaban J connectivity index is 0.00000242. The van der Waals surface area contributed by atoms with Crippen LogP contribution in [-0.4, -0.2) is 6.61 Å². The first kappa shape index (κ1) is 20.0. The van der Waals surface area contributed by atoms with Crippen LogP contribution in [-0.2, 0) is 32.7 Å². The van der Waals surface area contributed by atoms with Crippen molar-refractivity contribution in [2.75, 3.05) is 6.61 Å². The maximum Gasteiger partial charge on any atom is 0.122 e. The van der Waals surface area contributed by atoms with Gasteiger partial charge in [0.05, 0.1) is 6.61 Å². The summed E-state index contributed by atoms with van der Waals surface area (Å²) in [7, 11) is 0. The number of benzene rings is 1. The number of ether oxygens (including phenoxy) is 1. The maximum atomic E-state index is 5.97. The summed E-state index contributed by atoms with van der Waals surface area (Å²) in [4.78, 5) is 0. The first-order chi connectivity index (χ1) is 10.2. The van der Waals surface area contributed by atoms with Gasteiger partial charge in [0.2, 0.25) is 0 Å². The smallest absolute Gasteiger partial charge is 0.122 e. The molecule has 1 aliphatic rings. The average molecular weight is 411 g/mol. The van der Waals surface area contributed by atoms with E-state index in [0.29, 0.717) is 22.6 Å². The Bertz CT molecular complexity index is 552. The van der Waals surface area contributed by atoms with Crippen LogP contribution < -0.4 is 4.74 Å². The molecule has 0 spiro atoms. The predicted molar refractivity (Wildman–Crippen MR) is 89.7 cm³/mol. The van der Waals surface area contributed by atoms with Gasteiger partial charge < -0.3 is 11.7 Å². The van der Waals surface area contributed by atoms with Crippen molar-refractivity contribution in [3.8, 4) is 17.6 Å². The molecule has 0 amide bonds. The van der Waals surface area contributed by atoms with Gasteiger partial charge in [-0.05, 0) is 37.5 Å². The van der Waals surface area contributed by atoms with Gasteiger partial charge in [0.25, 0.3) is 0 Å². The van der Waals surface area contributed by atoms with Crippen LogP contribution in [0.5, 0.6) is 5.75 Å². The zero-order valence-corrected chi connectivity index (χ0v) is 16.9. The molecule has 0 saturated heterocycles. The minimum atomic E-state index is 0. The van der Waals surface area contributed by atoms with Gasteiger partial charge in [-0.3, -0.25) is 0 Å². The second-order valence-electron chi connectivity index (χ2n) is 5.10. The molecule has 0 aromatic heterocycles. The van der Waals surface area contributed by atoms with Crippen molar-refractivity contribution in [2.45, 2.75) is 32.1 Å². The molecule has 1 aromatic carbocycles. The molecule has 0 bridgehead atoms. The third-order valence-corrected chi connectivity index (χ3v) is 3.89. The standard InChI is InChI=1S/C18H19Cl2O.Y/c1-2-3-4-5-7-14-8-6-9-15(14)13-21-18-11-16(19)10-17(20)12-18;/h8,10-12,15H,1-3,6-7,9,13H2;/q-1;/t15-;/m1./s1. The van der Waals surface area contributed by atoms with E-state index in [1.807, 2.05) is 0 Å². The number of rotatable bonds is 5. The quantitative estimate of drug-likeness (QED) is 0.343. The second-order valence-corrected chi connectivity index (χ2v) is 5.98. The molecule has 1 aromatic rings. The summed E-state index contributed by atoms with van der Waals surface area (Å²) < 4.78 is 5.84. The monoisotopic (exact) mass is 410 g/mol. The van der Waals surface area contributed by atoms with Crippen molar-refractivity contribution in [1.29, 1.82) is 0 Å². The molecule has 1 radical (unpaired) electrons. The van der Waals surface area contributed by atoms with Crippen molar-refractivity contribution >= 4 is 23.2 Å². The minimum Gasteiger partial charge on any atom is -0.493 e. The average Bonchev–Trinajstić information content (AvgIpc) is 2.88. The minimum absolute atomic E-state index is 0. The predicted octanol–water partition coefficient (Wildman–Crippen LogP) is 5.71. The Labute approximate surface area is 168 Å². The van der Waals surface area contributed by atoms with Crippen LogP contribution in [0, 0.1) is 24.7 Å². The Morgan fingerprint density at radius 3 is 2.59 bits per heavy atom. The molecule has 0 N–H and O–H groups in total. The number of hydrogen-bond acceptors (Lipinski definition) is 1. The molecule has 0 heterocycles. The molecule has 0 fully saturated rings. The van der Waals surface area contributed by atoms with E-state index < -0.39 is 0 Å². The van der Waals surface area contributed by atoms with Crippen molar-refractivity contribution in [3.05, 3.63) is 46.8 Å². The Hall–Kier alpha value is 0.00390. The van der Waals surface area contributed by atoms with Crippen LogP contribution in [0.2, 0.25) is 10.0 Å². The molecule has 22 heavy (non-hydrogen) atoms. The van der Waals surface area contributed by atoms with Crippen LogP contribution in [0.3, 0.4) is 0 Å². The summed E-state index contributed by atoms with van der Waals surface area (Å²) in [5, 5.41) is 1.19. The largest absolute Gasteiger partial charge is 0.493 e. The van der Waals surface area contributed by atoms with Gasteiger partial charge in [-0.15, -0.1) is 5.92 Å². The zero-order chi connectivity index (χ0) is 15.1. The summed E-state index contributed by atoms with van der Waals surface area (Å²) in [6.07, 6.45) is 7.10. The third kappa shape index (κ3) is 6.63. The fraction of sp³-hybridized carbons (Fsp3) is 0.389. The van der Waals surface area contributed by atoms with E-state index in [0.717, 1.165) is 37.9 Å². The second kappa shape index (κ2) is 10.7. The van der Waals surface area contributed by atoms with E-state index in [1.165, 1.54) is 5.57 Å². The molecule has 0 aliphatic heterocycles. The summed E-state index contributed by atoms with van der Waals surface area (Å²) in [5.41, 5.74) is 1.39. The van der Waals surface area contributed by atoms with Crippen LogP contribution in [0.25, 0.3) is 0 Å². The summed E-state index contributed by atoms with van der Waals surface area (Å²) in [6.45, 7) is 4.44. The number of allylic oxidation sites excluding steroid dienone is 1. The van der Waals surface area contributed by atoms with Crippen molar-refractivity contribution in [2.24, 2.45) is 5.92 Å². The van der Waals surface area contributed by atoms with Crippen LogP contribution in [0.1, 0.15) is 32.1 Å².